The minimum Gasteiger partial charge on any atom is -0.496 e. The predicted molar refractivity (Wildman–Crippen MR) is 78.3 cm³/mol. The summed E-state index contributed by atoms with van der Waals surface area (Å²) in [6.45, 7) is 4.01. The molecule has 3 heteroatoms. The van der Waals surface area contributed by atoms with Crippen LogP contribution in [0.2, 0.25) is 0 Å². The van der Waals surface area contributed by atoms with E-state index < -0.39 is 6.10 Å². The third kappa shape index (κ3) is 2.57. The van der Waals surface area contributed by atoms with Gasteiger partial charge in [-0.2, -0.15) is 0 Å². The molecular formula is C16H21NO2. The van der Waals surface area contributed by atoms with Gasteiger partial charge in [0.1, 0.15) is 5.75 Å². The number of aliphatic hydroxyl groups is 1. The van der Waals surface area contributed by atoms with Crippen LogP contribution in [0.25, 0.3) is 10.8 Å². The molecule has 102 valence electrons. The Bertz CT molecular complexity index is 566. The molecule has 0 aromatic heterocycles. The maximum Gasteiger partial charge on any atom is 0.125 e. The predicted octanol–water partition coefficient (Wildman–Crippen LogP) is 2.87. The highest BCUT2D eigenvalue weighted by Crippen LogP contribution is 2.35. The molecule has 2 rings (SSSR count). The van der Waals surface area contributed by atoms with Gasteiger partial charge in [-0.3, -0.25) is 0 Å². The minimum atomic E-state index is -0.735. The summed E-state index contributed by atoms with van der Waals surface area (Å²) in [7, 11) is 1.61. The van der Waals surface area contributed by atoms with Crippen LogP contribution in [0.4, 0.5) is 0 Å². The molecule has 2 aromatic carbocycles. The third-order valence-corrected chi connectivity index (χ3v) is 3.58. The molecule has 0 spiro atoms. The lowest BCUT2D eigenvalue weighted by molar-refractivity contribution is 0.124. The largest absolute Gasteiger partial charge is 0.496 e. The molecular weight excluding hydrogens is 238 g/mol. The second kappa shape index (κ2) is 5.59. The molecule has 0 aliphatic heterocycles. The molecule has 0 saturated carbocycles. The molecule has 2 unspecified atom stereocenters. The van der Waals surface area contributed by atoms with E-state index >= 15 is 0 Å². The highest BCUT2D eigenvalue weighted by molar-refractivity contribution is 5.88. The second-order valence-electron chi connectivity index (χ2n) is 5.17. The van der Waals surface area contributed by atoms with Crippen molar-refractivity contribution in [3.63, 3.8) is 0 Å². The number of hydrogen-bond acceptors (Lipinski definition) is 3. The normalized spacial score (nSPS) is 14.6. The first-order valence-electron chi connectivity index (χ1n) is 6.55. The van der Waals surface area contributed by atoms with Crippen LogP contribution in [0.3, 0.4) is 0 Å². The molecule has 0 bridgehead atoms. The SMILES string of the molecule is COc1ccc2ccccc2c1C(O)C(N)C(C)C. The fourth-order valence-electron chi connectivity index (χ4n) is 2.32. The number of ether oxygens (including phenoxy) is 1. The quantitative estimate of drug-likeness (QED) is 0.887. The van der Waals surface area contributed by atoms with Crippen LogP contribution >= 0.6 is 0 Å². The lowest BCUT2D eigenvalue weighted by Crippen LogP contribution is -2.33. The Balaban J connectivity index is 2.62. The van der Waals surface area contributed by atoms with Gasteiger partial charge in [-0.15, -0.1) is 0 Å². The Hall–Kier alpha value is -1.58. The van der Waals surface area contributed by atoms with Gasteiger partial charge < -0.3 is 15.6 Å². The van der Waals surface area contributed by atoms with Gasteiger partial charge in [-0.25, -0.2) is 0 Å². The highest BCUT2D eigenvalue weighted by atomic mass is 16.5. The molecule has 19 heavy (non-hydrogen) atoms. The Labute approximate surface area is 114 Å². The molecule has 3 N–H and O–H groups in total. The number of rotatable bonds is 4. The Morgan fingerprint density at radius 3 is 2.42 bits per heavy atom. The van der Waals surface area contributed by atoms with Gasteiger partial charge in [0, 0.05) is 11.6 Å². The van der Waals surface area contributed by atoms with E-state index in [1.807, 2.05) is 50.2 Å². The Kier molecular flexibility index (Phi) is 4.08. The van der Waals surface area contributed by atoms with Crippen molar-refractivity contribution in [3.8, 4) is 5.75 Å². The van der Waals surface area contributed by atoms with Crippen LogP contribution in [-0.4, -0.2) is 18.3 Å². The first-order chi connectivity index (χ1) is 9.06. The number of nitrogens with two attached hydrogens (primary N) is 1. The van der Waals surface area contributed by atoms with Crippen molar-refractivity contribution >= 4 is 10.8 Å². The van der Waals surface area contributed by atoms with Crippen LogP contribution in [-0.2, 0) is 0 Å². The van der Waals surface area contributed by atoms with Crippen molar-refractivity contribution in [2.75, 3.05) is 7.11 Å². The zero-order chi connectivity index (χ0) is 14.0. The van der Waals surface area contributed by atoms with E-state index in [0.29, 0.717) is 5.75 Å². The summed E-state index contributed by atoms with van der Waals surface area (Å²) >= 11 is 0. The minimum absolute atomic E-state index is 0.193. The molecule has 0 fully saturated rings. The smallest absolute Gasteiger partial charge is 0.125 e. The third-order valence-electron chi connectivity index (χ3n) is 3.58. The molecule has 0 radical (unpaired) electrons. The molecule has 2 atom stereocenters. The first kappa shape index (κ1) is 13.8. The number of benzene rings is 2. The monoisotopic (exact) mass is 259 g/mol. The Morgan fingerprint density at radius 1 is 1.11 bits per heavy atom. The Morgan fingerprint density at radius 2 is 1.79 bits per heavy atom. The van der Waals surface area contributed by atoms with E-state index in [9.17, 15) is 5.11 Å². The van der Waals surface area contributed by atoms with Gasteiger partial charge in [0.15, 0.2) is 0 Å². The molecule has 0 saturated heterocycles. The lowest BCUT2D eigenvalue weighted by atomic mass is 9.90. The van der Waals surface area contributed by atoms with Gasteiger partial charge in [-0.1, -0.05) is 44.2 Å². The van der Waals surface area contributed by atoms with Crippen molar-refractivity contribution < 1.29 is 9.84 Å². The molecule has 2 aromatic rings. The van der Waals surface area contributed by atoms with Crippen molar-refractivity contribution in [1.82, 2.24) is 0 Å². The van der Waals surface area contributed by atoms with Crippen molar-refractivity contribution in [2.24, 2.45) is 11.7 Å². The molecule has 3 nitrogen and oxygen atoms in total. The van der Waals surface area contributed by atoms with E-state index in [1.54, 1.807) is 7.11 Å². The van der Waals surface area contributed by atoms with E-state index in [4.69, 9.17) is 10.5 Å². The van der Waals surface area contributed by atoms with Crippen molar-refractivity contribution in [1.29, 1.82) is 0 Å². The van der Waals surface area contributed by atoms with E-state index in [-0.39, 0.29) is 12.0 Å². The molecule has 0 heterocycles. The lowest BCUT2D eigenvalue weighted by Gasteiger charge is -2.25. The summed E-state index contributed by atoms with van der Waals surface area (Å²) in [5.41, 5.74) is 6.88. The zero-order valence-corrected chi connectivity index (χ0v) is 11.6. The van der Waals surface area contributed by atoms with Gasteiger partial charge in [0.05, 0.1) is 13.2 Å². The summed E-state index contributed by atoms with van der Waals surface area (Å²) in [4.78, 5) is 0. The number of methoxy groups -OCH3 is 1. The fourth-order valence-corrected chi connectivity index (χ4v) is 2.32. The summed E-state index contributed by atoms with van der Waals surface area (Å²) in [6.07, 6.45) is -0.735. The van der Waals surface area contributed by atoms with E-state index in [2.05, 4.69) is 0 Å². The number of fused-ring (bicyclic) bond motifs is 1. The first-order valence-corrected chi connectivity index (χ1v) is 6.55. The maximum absolute atomic E-state index is 10.6. The average molecular weight is 259 g/mol. The molecule has 0 amide bonds. The van der Waals surface area contributed by atoms with E-state index in [0.717, 1.165) is 16.3 Å². The van der Waals surface area contributed by atoms with Crippen molar-refractivity contribution in [2.45, 2.75) is 26.0 Å². The van der Waals surface area contributed by atoms with Gasteiger partial charge in [0.25, 0.3) is 0 Å². The van der Waals surface area contributed by atoms with Crippen LogP contribution < -0.4 is 10.5 Å². The number of aliphatic hydroxyl groups excluding tert-OH is 1. The maximum atomic E-state index is 10.6. The summed E-state index contributed by atoms with van der Waals surface area (Å²) < 4.78 is 5.39. The van der Waals surface area contributed by atoms with Crippen LogP contribution in [0.1, 0.15) is 25.5 Å². The zero-order valence-electron chi connectivity index (χ0n) is 11.6. The molecule has 0 aliphatic rings. The average Bonchev–Trinajstić information content (AvgIpc) is 2.44. The highest BCUT2D eigenvalue weighted by Gasteiger charge is 2.24. The second-order valence-corrected chi connectivity index (χ2v) is 5.17. The molecule has 0 aliphatic carbocycles. The topological polar surface area (TPSA) is 55.5 Å². The van der Waals surface area contributed by atoms with Gasteiger partial charge in [-0.05, 0) is 22.8 Å². The number of hydrogen-bond donors (Lipinski definition) is 2. The van der Waals surface area contributed by atoms with E-state index in [1.165, 1.54) is 0 Å². The van der Waals surface area contributed by atoms with Crippen LogP contribution in [0.5, 0.6) is 5.75 Å². The van der Waals surface area contributed by atoms with Crippen molar-refractivity contribution in [3.05, 3.63) is 42.0 Å². The van der Waals surface area contributed by atoms with Gasteiger partial charge >= 0.3 is 0 Å². The fraction of sp³-hybridized carbons (Fsp3) is 0.375. The summed E-state index contributed by atoms with van der Waals surface area (Å²) in [6, 6.07) is 11.5. The standard InChI is InChI=1S/C16H21NO2/c1-10(2)15(17)16(18)14-12-7-5-4-6-11(12)8-9-13(14)19-3/h4-10,15-16,18H,17H2,1-3H3. The summed E-state index contributed by atoms with van der Waals surface area (Å²) in [5.74, 6) is 0.876. The summed E-state index contributed by atoms with van der Waals surface area (Å²) in [5, 5.41) is 12.6. The van der Waals surface area contributed by atoms with Crippen LogP contribution in [0, 0.1) is 5.92 Å². The van der Waals surface area contributed by atoms with Gasteiger partial charge in [0.2, 0.25) is 0 Å². The van der Waals surface area contributed by atoms with Crippen LogP contribution in [0.15, 0.2) is 36.4 Å².